The first kappa shape index (κ1) is 20.6. The summed E-state index contributed by atoms with van der Waals surface area (Å²) in [5.74, 6) is -0.182. The van der Waals surface area contributed by atoms with Crippen molar-refractivity contribution in [2.24, 2.45) is 7.05 Å². The van der Waals surface area contributed by atoms with Crippen LogP contribution < -0.4 is 5.32 Å². The number of nitrogens with one attached hydrogen (secondary N) is 1. The van der Waals surface area contributed by atoms with Crippen molar-refractivity contribution in [1.82, 2.24) is 14.9 Å². The van der Waals surface area contributed by atoms with Crippen molar-refractivity contribution in [1.29, 1.82) is 0 Å². The molecule has 1 N–H and O–H groups in total. The molecule has 2 aromatic rings. The van der Waals surface area contributed by atoms with Gasteiger partial charge in [-0.15, -0.1) is 0 Å². The van der Waals surface area contributed by atoms with Gasteiger partial charge in [0.1, 0.15) is 11.4 Å². The average Bonchev–Trinajstić information content (AvgIpc) is 2.93. The van der Waals surface area contributed by atoms with Crippen molar-refractivity contribution in [3.8, 4) is 0 Å². The summed E-state index contributed by atoms with van der Waals surface area (Å²) < 4.78 is 1.71. The summed E-state index contributed by atoms with van der Waals surface area (Å²) in [6, 6.07) is 7.18. The van der Waals surface area contributed by atoms with Crippen molar-refractivity contribution in [3.05, 3.63) is 53.1 Å². The molecule has 1 amide bonds. The van der Waals surface area contributed by atoms with E-state index in [2.05, 4.69) is 24.1 Å². The summed E-state index contributed by atoms with van der Waals surface area (Å²) in [6.07, 6.45) is 4.08. The molecule has 0 aliphatic rings. The van der Waals surface area contributed by atoms with Crippen molar-refractivity contribution in [2.75, 3.05) is 12.8 Å². The molecule has 0 unspecified atom stereocenters. The first-order chi connectivity index (χ1) is 12.2. The standard InChI is InChI=1S/C19H25N3O2S2/c1-13-7-6-8-15(21-13)17(23)10-14-9-16(22(4)11-14)18(24)20-12-19(2,3)26-25-5/h6-9,11H,10,12H2,1-5H3,(H,20,24). The van der Waals surface area contributed by atoms with Gasteiger partial charge in [-0.3, -0.25) is 14.6 Å². The van der Waals surface area contributed by atoms with Gasteiger partial charge < -0.3 is 9.88 Å². The van der Waals surface area contributed by atoms with E-state index in [9.17, 15) is 9.59 Å². The van der Waals surface area contributed by atoms with Gasteiger partial charge in [-0.1, -0.05) is 27.7 Å². The summed E-state index contributed by atoms with van der Waals surface area (Å²) in [7, 11) is 5.23. The second kappa shape index (κ2) is 8.77. The lowest BCUT2D eigenvalue weighted by Gasteiger charge is -2.22. The molecule has 0 fully saturated rings. The summed E-state index contributed by atoms with van der Waals surface area (Å²) >= 11 is 0. The predicted molar refractivity (Wildman–Crippen MR) is 110 cm³/mol. The van der Waals surface area contributed by atoms with Crippen LogP contribution in [-0.2, 0) is 13.5 Å². The second-order valence-corrected chi connectivity index (χ2v) is 9.91. The monoisotopic (exact) mass is 391 g/mol. The average molecular weight is 392 g/mol. The number of Topliss-reactive ketones (excluding diaryl/α,β-unsaturated/α-hetero) is 1. The quantitative estimate of drug-likeness (QED) is 0.549. The first-order valence-corrected chi connectivity index (χ1v) is 10.9. The maximum absolute atomic E-state index is 12.5. The van der Waals surface area contributed by atoms with E-state index in [0.717, 1.165) is 11.3 Å². The molecule has 0 aliphatic carbocycles. The SMILES string of the molecule is CSSC(C)(C)CNC(=O)c1cc(CC(=O)c2cccc(C)n2)cn1C. The molecule has 140 valence electrons. The molecule has 0 bridgehead atoms. The molecule has 2 heterocycles. The number of aromatic nitrogens is 2. The first-order valence-electron chi connectivity index (χ1n) is 8.34. The third-order valence-electron chi connectivity index (χ3n) is 3.82. The number of hydrogen-bond donors (Lipinski definition) is 1. The lowest BCUT2D eigenvalue weighted by atomic mass is 10.1. The molecular weight excluding hydrogens is 366 g/mol. The highest BCUT2D eigenvalue weighted by Gasteiger charge is 2.21. The van der Waals surface area contributed by atoms with Crippen LogP contribution in [0.5, 0.6) is 0 Å². The lowest BCUT2D eigenvalue weighted by Crippen LogP contribution is -2.36. The number of rotatable bonds is 8. The molecule has 0 spiro atoms. The van der Waals surface area contributed by atoms with Gasteiger partial charge in [0.25, 0.3) is 5.91 Å². The number of pyridine rings is 1. The predicted octanol–water partition coefficient (Wildman–Crippen LogP) is 3.67. The van der Waals surface area contributed by atoms with Gasteiger partial charge in [0.2, 0.25) is 0 Å². The van der Waals surface area contributed by atoms with Gasteiger partial charge in [0.05, 0.1) is 0 Å². The van der Waals surface area contributed by atoms with Crippen molar-refractivity contribution in [2.45, 2.75) is 31.9 Å². The zero-order valence-corrected chi connectivity index (χ0v) is 17.5. The van der Waals surface area contributed by atoms with Crippen molar-refractivity contribution < 1.29 is 9.59 Å². The fraction of sp³-hybridized carbons (Fsp3) is 0.421. The van der Waals surface area contributed by atoms with Crippen molar-refractivity contribution in [3.63, 3.8) is 0 Å². The molecular formula is C19H25N3O2S2. The minimum absolute atomic E-state index is 0.0458. The van der Waals surface area contributed by atoms with E-state index in [-0.39, 0.29) is 22.9 Å². The smallest absolute Gasteiger partial charge is 0.267 e. The molecule has 26 heavy (non-hydrogen) atoms. The Hall–Kier alpha value is -1.73. The number of carbonyl (C=O) groups is 2. The largest absolute Gasteiger partial charge is 0.349 e. The maximum atomic E-state index is 12.5. The topological polar surface area (TPSA) is 64.0 Å². The number of nitrogens with zero attached hydrogens (tertiary/aromatic N) is 2. The highest BCUT2D eigenvalue weighted by Crippen LogP contribution is 2.32. The molecule has 0 aliphatic heterocycles. The van der Waals surface area contributed by atoms with E-state index in [1.54, 1.807) is 38.3 Å². The van der Waals surface area contributed by atoms with Crippen molar-refractivity contribution >= 4 is 33.3 Å². The van der Waals surface area contributed by atoms with Crippen LogP contribution in [0.2, 0.25) is 0 Å². The Balaban J connectivity index is 2.04. The lowest BCUT2D eigenvalue weighted by molar-refractivity contribution is 0.0941. The van der Waals surface area contributed by atoms with Crippen LogP contribution in [0.1, 0.15) is 46.1 Å². The molecule has 2 rings (SSSR count). The van der Waals surface area contributed by atoms with Gasteiger partial charge in [-0.05, 0) is 50.8 Å². The van der Waals surface area contributed by atoms with E-state index in [1.165, 1.54) is 0 Å². The van der Waals surface area contributed by atoms with E-state index < -0.39 is 0 Å². The van der Waals surface area contributed by atoms with Crippen LogP contribution in [0, 0.1) is 6.92 Å². The molecule has 0 radical (unpaired) electrons. The van der Waals surface area contributed by atoms with Crippen LogP contribution in [-0.4, -0.2) is 38.8 Å². The van der Waals surface area contributed by atoms with Crippen LogP contribution in [0.15, 0.2) is 30.5 Å². The summed E-state index contributed by atoms with van der Waals surface area (Å²) in [5, 5.41) is 2.98. The molecule has 2 aromatic heterocycles. The zero-order chi connectivity index (χ0) is 19.3. The Bertz CT molecular complexity index is 800. The molecule has 0 atom stereocenters. The van der Waals surface area contributed by atoms with Crippen LogP contribution in [0.4, 0.5) is 0 Å². The maximum Gasteiger partial charge on any atom is 0.267 e. The zero-order valence-electron chi connectivity index (χ0n) is 15.8. The number of carbonyl (C=O) groups excluding carboxylic acids is 2. The Morgan fingerprint density at radius 2 is 2.04 bits per heavy atom. The molecule has 0 aromatic carbocycles. The van der Waals surface area contributed by atoms with Gasteiger partial charge in [-0.2, -0.15) is 0 Å². The second-order valence-electron chi connectivity index (χ2n) is 6.80. The Labute approximate surface area is 162 Å². The molecule has 5 nitrogen and oxygen atoms in total. The Kier molecular flexibility index (Phi) is 6.94. The van der Waals surface area contributed by atoms with Crippen LogP contribution in [0.3, 0.4) is 0 Å². The van der Waals surface area contributed by atoms with E-state index in [0.29, 0.717) is 17.9 Å². The van der Waals surface area contributed by atoms with E-state index in [4.69, 9.17) is 0 Å². The van der Waals surface area contributed by atoms with Crippen LogP contribution >= 0.6 is 21.6 Å². The van der Waals surface area contributed by atoms with Gasteiger partial charge >= 0.3 is 0 Å². The summed E-state index contributed by atoms with van der Waals surface area (Å²) in [6.45, 7) is 6.62. The van der Waals surface area contributed by atoms with Gasteiger partial charge in [0, 0.05) is 36.7 Å². The van der Waals surface area contributed by atoms with Gasteiger partial charge in [0.15, 0.2) is 5.78 Å². The highest BCUT2D eigenvalue weighted by molar-refractivity contribution is 8.76. The fourth-order valence-electron chi connectivity index (χ4n) is 2.57. The highest BCUT2D eigenvalue weighted by atomic mass is 33.1. The molecule has 0 saturated carbocycles. The number of amides is 1. The van der Waals surface area contributed by atoms with Gasteiger partial charge in [-0.25, -0.2) is 0 Å². The molecule has 7 heteroatoms. The third-order valence-corrected chi connectivity index (χ3v) is 6.43. The minimum atomic E-state index is -0.130. The molecule has 0 saturated heterocycles. The number of aryl methyl sites for hydroxylation is 2. The fourth-order valence-corrected chi connectivity index (χ4v) is 4.68. The minimum Gasteiger partial charge on any atom is -0.349 e. The number of hydrogen-bond acceptors (Lipinski definition) is 5. The summed E-state index contributed by atoms with van der Waals surface area (Å²) in [5.41, 5.74) is 2.63. The third kappa shape index (κ3) is 5.64. The van der Waals surface area contributed by atoms with Crippen LogP contribution in [0.25, 0.3) is 0 Å². The Morgan fingerprint density at radius 3 is 2.69 bits per heavy atom. The number of ketones is 1. The van der Waals surface area contributed by atoms with E-state index >= 15 is 0 Å². The normalized spacial score (nSPS) is 11.4. The van der Waals surface area contributed by atoms with E-state index in [1.807, 2.05) is 38.6 Å². The summed E-state index contributed by atoms with van der Waals surface area (Å²) in [4.78, 5) is 29.2. The Morgan fingerprint density at radius 1 is 1.31 bits per heavy atom.